The molecule has 3 heterocycles. The molecule has 0 aromatic carbocycles. The summed E-state index contributed by atoms with van der Waals surface area (Å²) in [5.41, 5.74) is 1.000. The van der Waals surface area contributed by atoms with E-state index in [4.69, 9.17) is 9.47 Å². The van der Waals surface area contributed by atoms with Gasteiger partial charge in [-0.3, -0.25) is 0 Å². The molecule has 0 saturated carbocycles. The monoisotopic (exact) mass is 294 g/mol. The van der Waals surface area contributed by atoms with Gasteiger partial charge >= 0.3 is 0 Å². The molecule has 1 N–H and O–H groups in total. The lowest BCUT2D eigenvalue weighted by atomic mass is 9.90. The van der Waals surface area contributed by atoms with Crippen LogP contribution in [0, 0.1) is 0 Å². The minimum Gasteiger partial charge on any atom is -0.378 e. The Bertz CT molecular complexity index is 474. The Labute approximate surface area is 126 Å². The maximum absolute atomic E-state index is 5.98. The molecule has 1 spiro atoms. The van der Waals surface area contributed by atoms with Crippen LogP contribution in [0.15, 0.2) is 6.20 Å². The number of nitrogens with one attached hydrogen (secondary N) is 1. The van der Waals surface area contributed by atoms with Crippen LogP contribution >= 0.6 is 0 Å². The zero-order valence-corrected chi connectivity index (χ0v) is 13.3. The van der Waals surface area contributed by atoms with Crippen molar-refractivity contribution in [3.05, 3.63) is 11.9 Å². The Hall–Kier alpha value is -0.980. The van der Waals surface area contributed by atoms with Crippen LogP contribution in [0.1, 0.15) is 51.8 Å². The molecule has 2 saturated heterocycles. The van der Waals surface area contributed by atoms with Crippen molar-refractivity contribution in [3.8, 4) is 0 Å². The lowest BCUT2D eigenvalue weighted by Gasteiger charge is -2.36. The summed E-state index contributed by atoms with van der Waals surface area (Å²) in [5, 5.41) is 12.1. The van der Waals surface area contributed by atoms with Crippen molar-refractivity contribution in [3.63, 3.8) is 0 Å². The Balaban J connectivity index is 1.63. The quantitative estimate of drug-likeness (QED) is 0.919. The van der Waals surface area contributed by atoms with Crippen LogP contribution in [0.3, 0.4) is 0 Å². The molecule has 2 aliphatic heterocycles. The number of ether oxygens (including phenoxy) is 2. The van der Waals surface area contributed by atoms with E-state index in [1.165, 1.54) is 0 Å². The molecule has 0 aliphatic carbocycles. The first-order valence-corrected chi connectivity index (χ1v) is 7.83. The van der Waals surface area contributed by atoms with Crippen molar-refractivity contribution in [2.24, 2.45) is 0 Å². The van der Waals surface area contributed by atoms with E-state index in [0.717, 1.165) is 51.3 Å². The largest absolute Gasteiger partial charge is 0.378 e. The summed E-state index contributed by atoms with van der Waals surface area (Å²) < 4.78 is 13.5. The number of nitrogens with zero attached hydrogens (tertiary/aromatic N) is 3. The van der Waals surface area contributed by atoms with Gasteiger partial charge in [0, 0.05) is 38.1 Å². The number of aromatic nitrogens is 3. The van der Waals surface area contributed by atoms with Crippen LogP contribution in [-0.2, 0) is 16.0 Å². The van der Waals surface area contributed by atoms with Gasteiger partial charge in [0.1, 0.15) is 0 Å². The van der Waals surface area contributed by atoms with E-state index < -0.39 is 0 Å². The third-order valence-corrected chi connectivity index (χ3v) is 4.27. The first-order valence-electron chi connectivity index (χ1n) is 7.83. The maximum Gasteiger partial charge on any atom is 0.0965 e. The molecule has 118 valence electrons. The summed E-state index contributed by atoms with van der Waals surface area (Å²) in [6.07, 6.45) is 5.04. The predicted octanol–water partition coefficient (Wildman–Crippen LogP) is 1.68. The van der Waals surface area contributed by atoms with Crippen molar-refractivity contribution in [2.75, 3.05) is 19.8 Å². The molecule has 3 rings (SSSR count). The Kier molecular flexibility index (Phi) is 4.03. The second-order valence-corrected chi connectivity index (χ2v) is 7.27. The van der Waals surface area contributed by atoms with Gasteiger partial charge in [-0.2, -0.15) is 0 Å². The molecular weight excluding hydrogens is 268 g/mol. The van der Waals surface area contributed by atoms with Crippen LogP contribution in [0.25, 0.3) is 0 Å². The molecule has 0 bridgehead atoms. The normalized spacial score (nSPS) is 30.1. The van der Waals surface area contributed by atoms with Crippen molar-refractivity contribution in [2.45, 2.75) is 63.8 Å². The molecule has 6 heteroatoms. The van der Waals surface area contributed by atoms with Gasteiger partial charge in [0.05, 0.1) is 30.1 Å². The molecule has 1 aromatic heterocycles. The smallest absolute Gasteiger partial charge is 0.0965 e. The van der Waals surface area contributed by atoms with Gasteiger partial charge in [0.2, 0.25) is 0 Å². The third-order valence-electron chi connectivity index (χ3n) is 4.27. The fourth-order valence-electron chi connectivity index (χ4n) is 3.02. The lowest BCUT2D eigenvalue weighted by Crippen LogP contribution is -2.41. The van der Waals surface area contributed by atoms with Crippen LogP contribution in [0.5, 0.6) is 0 Å². The molecular formula is C15H26N4O2. The Morgan fingerprint density at radius 2 is 2.29 bits per heavy atom. The summed E-state index contributed by atoms with van der Waals surface area (Å²) in [6, 6.07) is 0.372. The SMILES string of the molecule is CC(C)(C)NCc1cn(C2CCOC3(CCOC3)C2)nn1. The highest BCUT2D eigenvalue weighted by Crippen LogP contribution is 2.37. The van der Waals surface area contributed by atoms with Crippen LogP contribution < -0.4 is 5.32 Å². The van der Waals surface area contributed by atoms with Gasteiger partial charge < -0.3 is 14.8 Å². The van der Waals surface area contributed by atoms with Crippen molar-refractivity contribution < 1.29 is 9.47 Å². The molecule has 6 nitrogen and oxygen atoms in total. The summed E-state index contributed by atoms with van der Waals surface area (Å²) in [4.78, 5) is 0. The Morgan fingerprint density at radius 3 is 3.00 bits per heavy atom. The van der Waals surface area contributed by atoms with Gasteiger partial charge in [-0.1, -0.05) is 5.21 Å². The molecule has 0 radical (unpaired) electrons. The molecule has 2 fully saturated rings. The molecule has 0 amide bonds. The van der Waals surface area contributed by atoms with Crippen molar-refractivity contribution in [1.29, 1.82) is 0 Å². The fourth-order valence-corrected chi connectivity index (χ4v) is 3.02. The first-order chi connectivity index (χ1) is 9.96. The lowest BCUT2D eigenvalue weighted by molar-refractivity contribution is -0.0964. The van der Waals surface area contributed by atoms with E-state index >= 15 is 0 Å². The van der Waals surface area contributed by atoms with Crippen molar-refractivity contribution in [1.82, 2.24) is 20.3 Å². The zero-order chi connectivity index (χ0) is 14.9. The molecule has 2 unspecified atom stereocenters. The van der Waals surface area contributed by atoms with E-state index in [1.807, 2.05) is 4.68 Å². The average Bonchev–Trinajstić information content (AvgIpc) is 3.06. The van der Waals surface area contributed by atoms with Gasteiger partial charge in [-0.25, -0.2) is 4.68 Å². The molecule has 1 aromatic rings. The van der Waals surface area contributed by atoms with E-state index in [1.54, 1.807) is 0 Å². The molecule has 21 heavy (non-hydrogen) atoms. The van der Waals surface area contributed by atoms with Crippen molar-refractivity contribution >= 4 is 0 Å². The van der Waals surface area contributed by atoms with E-state index in [9.17, 15) is 0 Å². The number of rotatable bonds is 3. The minimum absolute atomic E-state index is 0.0846. The molecule has 2 atom stereocenters. The van der Waals surface area contributed by atoms with Gasteiger partial charge in [0.25, 0.3) is 0 Å². The van der Waals surface area contributed by atoms with E-state index in [-0.39, 0.29) is 11.1 Å². The van der Waals surface area contributed by atoms with E-state index in [2.05, 4.69) is 42.6 Å². The molecule has 2 aliphatic rings. The third kappa shape index (κ3) is 3.62. The fraction of sp³-hybridized carbons (Fsp3) is 0.867. The van der Waals surface area contributed by atoms with Gasteiger partial charge in [-0.15, -0.1) is 5.10 Å². The minimum atomic E-state index is -0.0846. The van der Waals surface area contributed by atoms with Crippen LogP contribution in [0.4, 0.5) is 0 Å². The van der Waals surface area contributed by atoms with Gasteiger partial charge in [0.15, 0.2) is 0 Å². The average molecular weight is 294 g/mol. The van der Waals surface area contributed by atoms with Gasteiger partial charge in [-0.05, 0) is 27.2 Å². The highest BCUT2D eigenvalue weighted by Gasteiger charge is 2.41. The van der Waals surface area contributed by atoms with E-state index in [0.29, 0.717) is 6.04 Å². The highest BCUT2D eigenvalue weighted by atomic mass is 16.6. The second-order valence-electron chi connectivity index (χ2n) is 7.27. The topological polar surface area (TPSA) is 61.2 Å². The second kappa shape index (κ2) is 5.66. The maximum atomic E-state index is 5.98. The summed E-state index contributed by atoms with van der Waals surface area (Å²) in [6.45, 7) is 9.52. The van der Waals surface area contributed by atoms with Crippen LogP contribution in [-0.4, -0.2) is 46.0 Å². The summed E-state index contributed by atoms with van der Waals surface area (Å²) in [7, 11) is 0. The van der Waals surface area contributed by atoms with Crippen LogP contribution in [0.2, 0.25) is 0 Å². The summed E-state index contributed by atoms with van der Waals surface area (Å²) in [5.74, 6) is 0. The standard InChI is InChI=1S/C15H26N4O2/c1-14(2,3)16-9-12-10-19(18-17-12)13-4-6-21-15(8-13)5-7-20-11-15/h10,13,16H,4-9,11H2,1-3H3. The zero-order valence-electron chi connectivity index (χ0n) is 13.3. The Morgan fingerprint density at radius 1 is 1.43 bits per heavy atom. The first kappa shape index (κ1) is 14.9. The summed E-state index contributed by atoms with van der Waals surface area (Å²) >= 11 is 0. The number of hydrogen-bond acceptors (Lipinski definition) is 5. The predicted molar refractivity (Wildman–Crippen MR) is 79.0 cm³/mol. The number of hydrogen-bond donors (Lipinski definition) is 1. The highest BCUT2D eigenvalue weighted by molar-refractivity contribution is 4.97.